The molecule has 4 nitrogen and oxygen atoms in total. The van der Waals surface area contributed by atoms with E-state index in [1.807, 2.05) is 33.8 Å². The van der Waals surface area contributed by atoms with Gasteiger partial charge < -0.3 is 0 Å². The van der Waals surface area contributed by atoms with Gasteiger partial charge in [-0.2, -0.15) is 5.26 Å². The molecule has 0 aliphatic rings. The van der Waals surface area contributed by atoms with Crippen molar-refractivity contribution in [2.75, 3.05) is 18.8 Å². The normalized spacial score (nSPS) is 12.4. The minimum absolute atomic E-state index is 0.113. The summed E-state index contributed by atoms with van der Waals surface area (Å²) in [6.45, 7) is 8.53. The van der Waals surface area contributed by atoms with Crippen molar-refractivity contribution in [3.05, 3.63) is 0 Å². The lowest BCUT2D eigenvalue weighted by Crippen LogP contribution is -2.37. The van der Waals surface area contributed by atoms with Crippen LogP contribution in [0.15, 0.2) is 0 Å². The molecule has 0 aromatic rings. The van der Waals surface area contributed by atoms with Crippen molar-refractivity contribution >= 4 is 10.0 Å². The average molecular weight is 246 g/mol. The molecule has 0 atom stereocenters. The van der Waals surface area contributed by atoms with Crippen LogP contribution in [-0.2, 0) is 10.0 Å². The van der Waals surface area contributed by atoms with E-state index in [2.05, 4.69) is 0 Å². The molecule has 5 heteroatoms. The van der Waals surface area contributed by atoms with Crippen molar-refractivity contribution in [1.82, 2.24) is 4.31 Å². The molecule has 0 aromatic heterocycles. The van der Waals surface area contributed by atoms with E-state index >= 15 is 0 Å². The molecular weight excluding hydrogens is 224 g/mol. The minimum atomic E-state index is -3.21. The van der Waals surface area contributed by atoms with Gasteiger partial charge in [-0.05, 0) is 11.8 Å². The number of sulfonamides is 1. The lowest BCUT2D eigenvalue weighted by molar-refractivity contribution is 0.370. The second-order valence-corrected chi connectivity index (χ2v) is 6.85. The Balaban J connectivity index is 4.67. The first-order valence-electron chi connectivity index (χ1n) is 5.64. The largest absolute Gasteiger partial charge is 0.214 e. The number of nitriles is 1. The smallest absolute Gasteiger partial charge is 0.212 e. The van der Waals surface area contributed by atoms with Crippen LogP contribution < -0.4 is 0 Å². The molecule has 0 heterocycles. The van der Waals surface area contributed by atoms with Crippen LogP contribution in [0, 0.1) is 23.2 Å². The Morgan fingerprint density at radius 3 is 2.12 bits per heavy atom. The molecule has 0 unspecified atom stereocenters. The zero-order valence-corrected chi connectivity index (χ0v) is 11.4. The Morgan fingerprint density at radius 2 is 1.75 bits per heavy atom. The van der Waals surface area contributed by atoms with E-state index in [0.29, 0.717) is 13.1 Å². The molecule has 16 heavy (non-hydrogen) atoms. The molecule has 0 aliphatic heterocycles. The van der Waals surface area contributed by atoms with Crippen molar-refractivity contribution in [2.24, 2.45) is 11.8 Å². The lowest BCUT2D eigenvalue weighted by atomic mass is 10.2. The Labute approximate surface area is 99.3 Å². The summed E-state index contributed by atoms with van der Waals surface area (Å²) in [7, 11) is -3.21. The van der Waals surface area contributed by atoms with Crippen LogP contribution in [0.2, 0.25) is 0 Å². The third-order valence-corrected chi connectivity index (χ3v) is 4.19. The van der Waals surface area contributed by atoms with Crippen LogP contribution in [-0.4, -0.2) is 31.6 Å². The molecule has 0 rings (SSSR count). The monoisotopic (exact) mass is 246 g/mol. The molecule has 0 saturated carbocycles. The highest BCUT2D eigenvalue weighted by Gasteiger charge is 2.23. The molecule has 0 bridgehead atoms. The Hall–Kier alpha value is -0.600. The standard InChI is InChI=1S/C11H22N2O2S/c1-10(2)8-13(7-5-6-12)16(14,15)9-11(3)4/h10-11H,5,7-9H2,1-4H3. The maximum absolute atomic E-state index is 12.0. The van der Waals surface area contributed by atoms with Gasteiger partial charge >= 0.3 is 0 Å². The highest BCUT2D eigenvalue weighted by molar-refractivity contribution is 7.89. The van der Waals surface area contributed by atoms with Gasteiger partial charge in [0.25, 0.3) is 0 Å². The molecule has 0 spiro atoms. The molecule has 0 amide bonds. The summed E-state index contributed by atoms with van der Waals surface area (Å²) >= 11 is 0. The number of nitrogens with zero attached hydrogens (tertiary/aromatic N) is 2. The lowest BCUT2D eigenvalue weighted by Gasteiger charge is -2.23. The van der Waals surface area contributed by atoms with Gasteiger partial charge in [0.1, 0.15) is 0 Å². The SMILES string of the molecule is CC(C)CN(CCC#N)S(=O)(=O)CC(C)C. The van der Waals surface area contributed by atoms with Crippen molar-refractivity contribution in [1.29, 1.82) is 5.26 Å². The molecule has 0 N–H and O–H groups in total. The predicted molar refractivity (Wildman–Crippen MR) is 65.3 cm³/mol. The second kappa shape index (κ2) is 6.87. The van der Waals surface area contributed by atoms with Crippen molar-refractivity contribution in [2.45, 2.75) is 34.1 Å². The van der Waals surface area contributed by atoms with Crippen LogP contribution in [0.1, 0.15) is 34.1 Å². The third kappa shape index (κ3) is 6.09. The summed E-state index contributed by atoms with van der Waals surface area (Å²) in [4.78, 5) is 0. The molecule has 0 aromatic carbocycles. The highest BCUT2D eigenvalue weighted by Crippen LogP contribution is 2.10. The van der Waals surface area contributed by atoms with Crippen LogP contribution in [0.3, 0.4) is 0 Å². The fraction of sp³-hybridized carbons (Fsp3) is 0.909. The maximum Gasteiger partial charge on any atom is 0.214 e. The highest BCUT2D eigenvalue weighted by atomic mass is 32.2. The first-order chi connectivity index (χ1) is 7.29. The first-order valence-corrected chi connectivity index (χ1v) is 7.25. The maximum atomic E-state index is 12.0. The van der Waals surface area contributed by atoms with E-state index in [9.17, 15) is 8.42 Å². The van der Waals surface area contributed by atoms with Gasteiger partial charge in [-0.3, -0.25) is 0 Å². The van der Waals surface area contributed by atoms with Gasteiger partial charge in [0, 0.05) is 19.5 Å². The topological polar surface area (TPSA) is 61.2 Å². The van der Waals surface area contributed by atoms with E-state index < -0.39 is 10.0 Å². The van der Waals surface area contributed by atoms with E-state index in [-0.39, 0.29) is 24.0 Å². The number of hydrogen-bond donors (Lipinski definition) is 0. The summed E-state index contributed by atoms with van der Waals surface area (Å²) in [5, 5.41) is 8.53. The minimum Gasteiger partial charge on any atom is -0.212 e. The van der Waals surface area contributed by atoms with Gasteiger partial charge in [-0.15, -0.1) is 0 Å². The fourth-order valence-electron chi connectivity index (χ4n) is 1.45. The zero-order chi connectivity index (χ0) is 12.8. The molecule has 0 saturated heterocycles. The number of rotatable bonds is 7. The summed E-state index contributed by atoms with van der Waals surface area (Å²) < 4.78 is 25.4. The van der Waals surface area contributed by atoms with E-state index in [4.69, 9.17) is 5.26 Å². The Bertz CT molecular complexity index is 328. The molecule has 0 fully saturated rings. The van der Waals surface area contributed by atoms with Crippen molar-refractivity contribution < 1.29 is 8.42 Å². The Kier molecular flexibility index (Phi) is 6.61. The summed E-state index contributed by atoms with van der Waals surface area (Å²) in [5.74, 6) is 0.549. The van der Waals surface area contributed by atoms with Gasteiger partial charge in [-0.25, -0.2) is 12.7 Å². The summed E-state index contributed by atoms with van der Waals surface area (Å²) in [6.07, 6.45) is 0.254. The molecule has 0 aliphatic carbocycles. The fourth-order valence-corrected chi connectivity index (χ4v) is 3.40. The first kappa shape index (κ1) is 15.4. The Morgan fingerprint density at radius 1 is 1.19 bits per heavy atom. The van der Waals surface area contributed by atoms with E-state index in [1.54, 1.807) is 0 Å². The molecule has 94 valence electrons. The number of hydrogen-bond acceptors (Lipinski definition) is 3. The van der Waals surface area contributed by atoms with Gasteiger partial charge in [0.15, 0.2) is 0 Å². The van der Waals surface area contributed by atoms with Crippen LogP contribution in [0.5, 0.6) is 0 Å². The van der Waals surface area contributed by atoms with Crippen molar-refractivity contribution in [3.8, 4) is 6.07 Å². The zero-order valence-electron chi connectivity index (χ0n) is 10.6. The summed E-state index contributed by atoms with van der Waals surface area (Å²) in [5.41, 5.74) is 0. The van der Waals surface area contributed by atoms with E-state index in [1.165, 1.54) is 4.31 Å². The van der Waals surface area contributed by atoms with Crippen LogP contribution in [0.25, 0.3) is 0 Å². The summed E-state index contributed by atoms with van der Waals surface area (Å²) in [6, 6.07) is 1.99. The van der Waals surface area contributed by atoms with Crippen LogP contribution in [0.4, 0.5) is 0 Å². The van der Waals surface area contributed by atoms with Gasteiger partial charge in [0.05, 0.1) is 11.8 Å². The van der Waals surface area contributed by atoms with Crippen molar-refractivity contribution in [3.63, 3.8) is 0 Å². The van der Waals surface area contributed by atoms with Gasteiger partial charge in [0.2, 0.25) is 10.0 Å². The van der Waals surface area contributed by atoms with Gasteiger partial charge in [-0.1, -0.05) is 27.7 Å². The average Bonchev–Trinajstić information content (AvgIpc) is 2.09. The molecule has 0 radical (unpaired) electrons. The van der Waals surface area contributed by atoms with Crippen LogP contribution >= 0.6 is 0 Å². The predicted octanol–water partition coefficient (Wildman–Crippen LogP) is 1.84. The van der Waals surface area contributed by atoms with E-state index in [0.717, 1.165) is 0 Å². The third-order valence-electron chi connectivity index (χ3n) is 1.98. The molecular formula is C11H22N2O2S. The quantitative estimate of drug-likeness (QED) is 0.688. The second-order valence-electron chi connectivity index (χ2n) is 4.83.